The molecule has 0 saturated heterocycles. The normalized spacial score (nSPS) is 14.7. The van der Waals surface area contributed by atoms with E-state index >= 15 is 0 Å². The van der Waals surface area contributed by atoms with Crippen LogP contribution in [0.5, 0.6) is 11.5 Å². The lowest BCUT2D eigenvalue weighted by molar-refractivity contribution is 0.0829. The molecule has 1 aliphatic carbocycles. The van der Waals surface area contributed by atoms with Crippen molar-refractivity contribution in [2.75, 3.05) is 14.2 Å². The molecule has 0 saturated carbocycles. The molecule has 0 aromatic heterocycles. The van der Waals surface area contributed by atoms with Crippen molar-refractivity contribution in [3.63, 3.8) is 0 Å². The molecule has 0 amide bonds. The summed E-state index contributed by atoms with van der Waals surface area (Å²) in [6.07, 6.45) is 0. The van der Waals surface area contributed by atoms with E-state index in [1.165, 1.54) is 0 Å². The molecule has 0 spiro atoms. The quantitative estimate of drug-likeness (QED) is 0.660. The highest BCUT2D eigenvalue weighted by molar-refractivity contribution is 6.35. The van der Waals surface area contributed by atoms with Gasteiger partial charge in [-0.15, -0.1) is 0 Å². The Morgan fingerprint density at radius 2 is 0.963 bits per heavy atom. The SMILES string of the molecule is COc1ccc(C2(c3ccc(OC)cc3)C(=O)c3ccccc3C2=O)cc1. The Balaban J connectivity index is 1.98. The summed E-state index contributed by atoms with van der Waals surface area (Å²) in [6.45, 7) is 0. The first-order valence-corrected chi connectivity index (χ1v) is 8.60. The first-order chi connectivity index (χ1) is 13.1. The molecule has 1 aliphatic rings. The van der Waals surface area contributed by atoms with Gasteiger partial charge in [0.1, 0.15) is 16.9 Å². The van der Waals surface area contributed by atoms with E-state index in [4.69, 9.17) is 9.47 Å². The number of carbonyl (C=O) groups is 2. The zero-order valence-electron chi connectivity index (χ0n) is 15.1. The fourth-order valence-electron chi connectivity index (χ4n) is 3.76. The number of ketones is 2. The minimum Gasteiger partial charge on any atom is -0.497 e. The van der Waals surface area contributed by atoms with Crippen molar-refractivity contribution < 1.29 is 19.1 Å². The molecule has 0 fully saturated rings. The summed E-state index contributed by atoms with van der Waals surface area (Å²) in [4.78, 5) is 27.1. The Kier molecular flexibility index (Phi) is 4.04. The Hall–Kier alpha value is -3.40. The number of rotatable bonds is 4. The molecule has 0 aliphatic heterocycles. The van der Waals surface area contributed by atoms with Crippen LogP contribution in [0.1, 0.15) is 31.8 Å². The van der Waals surface area contributed by atoms with Crippen LogP contribution in [0.4, 0.5) is 0 Å². The lowest BCUT2D eigenvalue weighted by atomic mass is 9.70. The third-order valence-electron chi connectivity index (χ3n) is 5.14. The summed E-state index contributed by atoms with van der Waals surface area (Å²) < 4.78 is 10.5. The Morgan fingerprint density at radius 3 is 1.30 bits per heavy atom. The van der Waals surface area contributed by atoms with Crippen LogP contribution >= 0.6 is 0 Å². The van der Waals surface area contributed by atoms with Crippen LogP contribution in [0, 0.1) is 0 Å². The van der Waals surface area contributed by atoms with E-state index in [0.29, 0.717) is 33.8 Å². The second kappa shape index (κ2) is 6.40. The van der Waals surface area contributed by atoms with Gasteiger partial charge in [-0.3, -0.25) is 9.59 Å². The van der Waals surface area contributed by atoms with Gasteiger partial charge >= 0.3 is 0 Å². The molecule has 0 bridgehead atoms. The molecular formula is C23H18O4. The van der Waals surface area contributed by atoms with Crippen LogP contribution in [0.25, 0.3) is 0 Å². The van der Waals surface area contributed by atoms with Gasteiger partial charge in [0, 0.05) is 11.1 Å². The average molecular weight is 358 g/mol. The van der Waals surface area contributed by atoms with Gasteiger partial charge in [0.25, 0.3) is 0 Å². The first kappa shape index (κ1) is 17.0. The summed E-state index contributed by atoms with van der Waals surface area (Å²) in [5.41, 5.74) is 0.755. The summed E-state index contributed by atoms with van der Waals surface area (Å²) in [7, 11) is 3.16. The molecule has 4 nitrogen and oxygen atoms in total. The smallest absolute Gasteiger partial charge is 0.186 e. The lowest BCUT2D eigenvalue weighted by Crippen LogP contribution is -2.39. The number of carbonyl (C=O) groups excluding carboxylic acids is 2. The summed E-state index contributed by atoms with van der Waals surface area (Å²) in [6, 6.07) is 21.2. The van der Waals surface area contributed by atoms with Gasteiger partial charge in [0.2, 0.25) is 0 Å². The zero-order valence-corrected chi connectivity index (χ0v) is 15.1. The molecule has 0 radical (unpaired) electrons. The highest BCUT2D eigenvalue weighted by Crippen LogP contribution is 2.45. The average Bonchev–Trinajstić information content (AvgIpc) is 2.96. The van der Waals surface area contributed by atoms with Crippen molar-refractivity contribution >= 4 is 11.6 Å². The van der Waals surface area contributed by atoms with Crippen LogP contribution in [-0.2, 0) is 5.41 Å². The Bertz CT molecular complexity index is 933. The molecule has 27 heavy (non-hydrogen) atoms. The van der Waals surface area contributed by atoms with Crippen LogP contribution < -0.4 is 9.47 Å². The summed E-state index contributed by atoms with van der Waals surface area (Å²) >= 11 is 0. The molecule has 0 unspecified atom stereocenters. The van der Waals surface area contributed by atoms with Crippen molar-refractivity contribution in [1.29, 1.82) is 0 Å². The fraction of sp³-hybridized carbons (Fsp3) is 0.130. The van der Waals surface area contributed by atoms with E-state index < -0.39 is 5.41 Å². The number of methoxy groups -OCH3 is 2. The van der Waals surface area contributed by atoms with Gasteiger partial charge in [-0.1, -0.05) is 48.5 Å². The van der Waals surface area contributed by atoms with Crippen LogP contribution in [0.2, 0.25) is 0 Å². The summed E-state index contributed by atoms with van der Waals surface area (Å²) in [5.74, 6) is 0.912. The third kappa shape index (κ3) is 2.37. The number of hydrogen-bond donors (Lipinski definition) is 0. The molecule has 0 heterocycles. The predicted molar refractivity (Wildman–Crippen MR) is 102 cm³/mol. The van der Waals surface area contributed by atoms with E-state index in [1.54, 1.807) is 87.0 Å². The zero-order chi connectivity index (χ0) is 19.0. The molecule has 3 aromatic carbocycles. The fourth-order valence-corrected chi connectivity index (χ4v) is 3.76. The van der Waals surface area contributed by atoms with E-state index in [9.17, 15) is 9.59 Å². The van der Waals surface area contributed by atoms with E-state index in [-0.39, 0.29) is 11.6 Å². The van der Waals surface area contributed by atoms with Gasteiger partial charge in [-0.25, -0.2) is 0 Å². The van der Waals surface area contributed by atoms with Crippen molar-refractivity contribution in [3.05, 3.63) is 95.1 Å². The molecule has 4 rings (SSSR count). The van der Waals surface area contributed by atoms with Crippen molar-refractivity contribution in [1.82, 2.24) is 0 Å². The minimum atomic E-state index is -1.40. The number of ether oxygens (including phenoxy) is 2. The standard InChI is InChI=1S/C23H18O4/c1-26-17-11-7-15(8-12-17)23(16-9-13-18(27-2)14-10-16)21(24)19-5-3-4-6-20(19)22(23)25/h3-14H,1-2H3. The third-order valence-corrected chi connectivity index (χ3v) is 5.14. The van der Waals surface area contributed by atoms with Crippen LogP contribution in [0.3, 0.4) is 0 Å². The minimum absolute atomic E-state index is 0.210. The first-order valence-electron chi connectivity index (χ1n) is 8.60. The molecule has 134 valence electrons. The van der Waals surface area contributed by atoms with Crippen LogP contribution in [-0.4, -0.2) is 25.8 Å². The Labute approximate surface area is 157 Å². The number of hydrogen-bond acceptors (Lipinski definition) is 4. The maximum atomic E-state index is 13.6. The second-order valence-electron chi connectivity index (χ2n) is 6.41. The molecule has 4 heteroatoms. The molecule has 0 N–H and O–H groups in total. The van der Waals surface area contributed by atoms with E-state index in [0.717, 1.165) is 0 Å². The van der Waals surface area contributed by atoms with Gasteiger partial charge < -0.3 is 9.47 Å². The van der Waals surface area contributed by atoms with Crippen molar-refractivity contribution in [2.24, 2.45) is 0 Å². The van der Waals surface area contributed by atoms with Crippen molar-refractivity contribution in [2.45, 2.75) is 5.41 Å². The maximum Gasteiger partial charge on any atom is 0.186 e. The Morgan fingerprint density at radius 1 is 0.593 bits per heavy atom. The van der Waals surface area contributed by atoms with E-state index in [2.05, 4.69) is 0 Å². The summed E-state index contributed by atoms with van der Waals surface area (Å²) in [5, 5.41) is 0. The monoisotopic (exact) mass is 358 g/mol. The maximum absolute atomic E-state index is 13.6. The topological polar surface area (TPSA) is 52.6 Å². The highest BCUT2D eigenvalue weighted by atomic mass is 16.5. The second-order valence-corrected chi connectivity index (χ2v) is 6.41. The number of fused-ring (bicyclic) bond motifs is 1. The van der Waals surface area contributed by atoms with Gasteiger partial charge in [-0.2, -0.15) is 0 Å². The van der Waals surface area contributed by atoms with Crippen LogP contribution in [0.15, 0.2) is 72.8 Å². The highest BCUT2D eigenvalue weighted by Gasteiger charge is 2.55. The van der Waals surface area contributed by atoms with E-state index in [1.807, 2.05) is 0 Å². The molecule has 3 aromatic rings. The molecular weight excluding hydrogens is 340 g/mol. The van der Waals surface area contributed by atoms with Gasteiger partial charge in [0.05, 0.1) is 14.2 Å². The van der Waals surface area contributed by atoms with Gasteiger partial charge in [0.15, 0.2) is 11.6 Å². The number of benzene rings is 3. The number of Topliss-reactive ketones (excluding diaryl/α,β-unsaturated/α-hetero) is 2. The van der Waals surface area contributed by atoms with Gasteiger partial charge in [-0.05, 0) is 35.4 Å². The predicted octanol–water partition coefficient (Wildman–Crippen LogP) is 4.07. The van der Waals surface area contributed by atoms with Crippen molar-refractivity contribution in [3.8, 4) is 11.5 Å². The largest absolute Gasteiger partial charge is 0.497 e. The lowest BCUT2D eigenvalue weighted by Gasteiger charge is -2.27. The molecule has 0 atom stereocenters.